The van der Waals surface area contributed by atoms with Crippen molar-refractivity contribution in [1.82, 2.24) is 5.32 Å². The molecule has 0 fully saturated rings. The molecule has 0 aliphatic carbocycles. The van der Waals surface area contributed by atoms with Crippen LogP contribution in [0.4, 0.5) is 4.79 Å². The topological polar surface area (TPSA) is 95.9 Å². The van der Waals surface area contributed by atoms with Crippen molar-refractivity contribution in [3.8, 4) is 5.75 Å². The molecule has 1 aromatic rings. The second kappa shape index (κ2) is 8.41. The van der Waals surface area contributed by atoms with Crippen LogP contribution in [0.1, 0.15) is 45.6 Å². The van der Waals surface area contributed by atoms with Gasteiger partial charge in [0.2, 0.25) is 0 Å². The fourth-order valence-corrected chi connectivity index (χ4v) is 2.12. The number of phenols is 1. The maximum atomic E-state index is 11.9. The number of amides is 1. The van der Waals surface area contributed by atoms with Gasteiger partial charge in [0.05, 0.1) is 0 Å². The number of hydrogen-bond donors (Lipinski definition) is 3. The average molecular weight is 323 g/mol. The third kappa shape index (κ3) is 8.70. The smallest absolute Gasteiger partial charge is 0.407 e. The Hall–Kier alpha value is -2.24. The van der Waals surface area contributed by atoms with Crippen molar-refractivity contribution in [2.75, 3.05) is 0 Å². The first-order valence-electron chi connectivity index (χ1n) is 7.65. The van der Waals surface area contributed by atoms with Crippen LogP contribution in [-0.4, -0.2) is 33.9 Å². The van der Waals surface area contributed by atoms with Crippen molar-refractivity contribution in [3.05, 3.63) is 29.8 Å². The molecule has 23 heavy (non-hydrogen) atoms. The summed E-state index contributed by atoms with van der Waals surface area (Å²) in [6.45, 7) is 5.35. The third-order valence-corrected chi connectivity index (χ3v) is 3.08. The van der Waals surface area contributed by atoms with E-state index in [0.717, 1.165) is 5.56 Å². The molecule has 1 amide bonds. The van der Waals surface area contributed by atoms with Gasteiger partial charge in [0.15, 0.2) is 0 Å². The van der Waals surface area contributed by atoms with Gasteiger partial charge in [-0.15, -0.1) is 0 Å². The molecule has 0 aromatic heterocycles. The van der Waals surface area contributed by atoms with Gasteiger partial charge >= 0.3 is 12.1 Å². The van der Waals surface area contributed by atoms with Gasteiger partial charge in [-0.1, -0.05) is 12.1 Å². The summed E-state index contributed by atoms with van der Waals surface area (Å²) < 4.78 is 5.25. The largest absolute Gasteiger partial charge is 0.508 e. The van der Waals surface area contributed by atoms with E-state index in [4.69, 9.17) is 9.84 Å². The molecule has 1 rings (SSSR count). The highest BCUT2D eigenvalue weighted by Gasteiger charge is 2.20. The number of phenolic OH excluding ortho intramolecular Hbond substituents is 1. The van der Waals surface area contributed by atoms with E-state index in [2.05, 4.69) is 5.32 Å². The number of carboxylic acids is 1. The minimum atomic E-state index is -0.856. The average Bonchev–Trinajstić information content (AvgIpc) is 2.38. The number of rotatable bonds is 7. The zero-order chi connectivity index (χ0) is 17.5. The maximum absolute atomic E-state index is 11.9. The van der Waals surface area contributed by atoms with Gasteiger partial charge in [-0.25, -0.2) is 4.79 Å². The first-order valence-corrected chi connectivity index (χ1v) is 7.65. The molecule has 3 N–H and O–H groups in total. The molecule has 0 spiro atoms. The van der Waals surface area contributed by atoms with Gasteiger partial charge in [-0.2, -0.15) is 0 Å². The highest BCUT2D eigenvalue weighted by Crippen LogP contribution is 2.14. The van der Waals surface area contributed by atoms with E-state index in [9.17, 15) is 14.7 Å². The summed E-state index contributed by atoms with van der Waals surface area (Å²) in [5.41, 5.74) is 0.355. The normalized spacial score (nSPS) is 12.5. The molecular formula is C17H25NO5. The standard InChI is InChI=1S/C17H25NO5/c1-17(2,3)23-16(22)18-13(5-4-6-15(20)21)11-12-7-9-14(19)10-8-12/h7-10,13,19H,4-6,11H2,1-3H3,(H,18,22)(H,20,21). The number of carbonyl (C=O) groups is 2. The number of ether oxygens (including phenoxy) is 1. The highest BCUT2D eigenvalue weighted by molar-refractivity contribution is 5.68. The van der Waals surface area contributed by atoms with E-state index < -0.39 is 17.7 Å². The molecule has 1 aromatic carbocycles. The van der Waals surface area contributed by atoms with Crippen LogP contribution < -0.4 is 5.32 Å². The second-order valence-corrected chi connectivity index (χ2v) is 6.50. The zero-order valence-electron chi connectivity index (χ0n) is 13.8. The fourth-order valence-electron chi connectivity index (χ4n) is 2.12. The Balaban J connectivity index is 2.65. The molecule has 6 nitrogen and oxygen atoms in total. The van der Waals surface area contributed by atoms with Gasteiger partial charge < -0.3 is 20.3 Å². The first-order chi connectivity index (χ1) is 10.7. The Morgan fingerprint density at radius 2 is 1.83 bits per heavy atom. The Morgan fingerprint density at radius 1 is 1.22 bits per heavy atom. The molecule has 1 atom stereocenters. The maximum Gasteiger partial charge on any atom is 0.407 e. The quantitative estimate of drug-likeness (QED) is 0.716. The summed E-state index contributed by atoms with van der Waals surface area (Å²) >= 11 is 0. The molecule has 0 aliphatic rings. The van der Waals surface area contributed by atoms with Crippen LogP contribution in [0.3, 0.4) is 0 Å². The van der Waals surface area contributed by atoms with Crippen LogP contribution in [0.25, 0.3) is 0 Å². The van der Waals surface area contributed by atoms with E-state index in [0.29, 0.717) is 19.3 Å². The number of aromatic hydroxyl groups is 1. The number of benzene rings is 1. The predicted octanol–water partition coefficient (Wildman–Crippen LogP) is 3.08. The number of alkyl carbamates (subject to hydrolysis) is 1. The number of carboxylic acid groups (broad SMARTS) is 1. The van der Waals surface area contributed by atoms with Crippen molar-refractivity contribution in [2.45, 2.75) is 58.1 Å². The molecule has 128 valence electrons. The fraction of sp³-hybridized carbons (Fsp3) is 0.529. The lowest BCUT2D eigenvalue weighted by molar-refractivity contribution is -0.137. The summed E-state index contributed by atoms with van der Waals surface area (Å²) in [6, 6.07) is 6.48. The van der Waals surface area contributed by atoms with Crippen molar-refractivity contribution in [3.63, 3.8) is 0 Å². The molecule has 0 aliphatic heterocycles. The lowest BCUT2D eigenvalue weighted by Crippen LogP contribution is -2.40. The second-order valence-electron chi connectivity index (χ2n) is 6.50. The van der Waals surface area contributed by atoms with Gasteiger partial charge in [0.25, 0.3) is 0 Å². The van der Waals surface area contributed by atoms with E-state index in [1.807, 2.05) is 0 Å². The van der Waals surface area contributed by atoms with E-state index >= 15 is 0 Å². The highest BCUT2D eigenvalue weighted by atomic mass is 16.6. The van der Waals surface area contributed by atoms with Gasteiger partial charge in [0, 0.05) is 12.5 Å². The summed E-state index contributed by atoms with van der Waals surface area (Å²) in [6.07, 6.45) is 1.08. The summed E-state index contributed by atoms with van der Waals surface area (Å²) in [4.78, 5) is 22.6. The van der Waals surface area contributed by atoms with Crippen LogP contribution >= 0.6 is 0 Å². The Labute approximate surface area is 136 Å². The lowest BCUT2D eigenvalue weighted by atomic mass is 10.0. The number of hydrogen-bond acceptors (Lipinski definition) is 4. The van der Waals surface area contributed by atoms with Crippen molar-refractivity contribution >= 4 is 12.1 Å². The van der Waals surface area contributed by atoms with Crippen LogP contribution in [0, 0.1) is 0 Å². The third-order valence-electron chi connectivity index (χ3n) is 3.08. The van der Waals surface area contributed by atoms with Crippen LogP contribution in [0.15, 0.2) is 24.3 Å². The van der Waals surface area contributed by atoms with Crippen molar-refractivity contribution in [2.24, 2.45) is 0 Å². The van der Waals surface area contributed by atoms with Crippen molar-refractivity contribution in [1.29, 1.82) is 0 Å². The number of carbonyl (C=O) groups excluding carboxylic acids is 1. The minimum Gasteiger partial charge on any atom is -0.508 e. The molecule has 0 radical (unpaired) electrons. The first kappa shape index (κ1) is 18.8. The van der Waals surface area contributed by atoms with Gasteiger partial charge in [-0.3, -0.25) is 4.79 Å². The van der Waals surface area contributed by atoms with E-state index in [-0.39, 0.29) is 18.2 Å². The molecular weight excluding hydrogens is 298 g/mol. The van der Waals surface area contributed by atoms with Gasteiger partial charge in [-0.05, 0) is 57.7 Å². The van der Waals surface area contributed by atoms with E-state index in [1.165, 1.54) is 0 Å². The molecule has 0 saturated carbocycles. The Bertz CT molecular complexity index is 519. The molecule has 0 heterocycles. The van der Waals surface area contributed by atoms with E-state index in [1.54, 1.807) is 45.0 Å². The molecule has 1 unspecified atom stereocenters. The molecule has 6 heteroatoms. The van der Waals surface area contributed by atoms with Crippen LogP contribution in [0.2, 0.25) is 0 Å². The van der Waals surface area contributed by atoms with Gasteiger partial charge in [0.1, 0.15) is 11.4 Å². The monoisotopic (exact) mass is 323 g/mol. The summed E-state index contributed by atoms with van der Waals surface area (Å²) in [5.74, 6) is -0.679. The zero-order valence-corrected chi connectivity index (χ0v) is 13.8. The SMILES string of the molecule is CC(C)(C)OC(=O)NC(CCCC(=O)O)Cc1ccc(O)cc1. The summed E-state index contributed by atoms with van der Waals surface area (Å²) in [5, 5.41) is 20.8. The predicted molar refractivity (Wildman–Crippen MR) is 86.5 cm³/mol. The number of aliphatic carboxylic acids is 1. The van der Waals surface area contributed by atoms with Crippen LogP contribution in [0.5, 0.6) is 5.75 Å². The molecule has 0 bridgehead atoms. The Morgan fingerprint density at radius 3 is 2.35 bits per heavy atom. The lowest BCUT2D eigenvalue weighted by Gasteiger charge is -2.23. The summed E-state index contributed by atoms with van der Waals surface area (Å²) in [7, 11) is 0. The Kier molecular flexibility index (Phi) is 6.88. The number of nitrogens with one attached hydrogen (secondary N) is 1. The van der Waals surface area contributed by atoms with Crippen LogP contribution in [-0.2, 0) is 16.0 Å². The van der Waals surface area contributed by atoms with Crippen molar-refractivity contribution < 1.29 is 24.5 Å². The minimum absolute atomic E-state index is 0.0576. The molecule has 0 saturated heterocycles.